The van der Waals surface area contributed by atoms with E-state index in [0.29, 0.717) is 14.5 Å². The second kappa shape index (κ2) is 9.15. The fraction of sp³-hybridized carbons (Fsp3) is 0.400. The Morgan fingerprint density at radius 2 is 1.12 bits per heavy atom. The van der Waals surface area contributed by atoms with Crippen LogP contribution in [0.15, 0.2) is 36.4 Å². The van der Waals surface area contributed by atoms with Gasteiger partial charge in [0.25, 0.3) is 0 Å². The molecule has 0 saturated heterocycles. The van der Waals surface area contributed by atoms with Crippen LogP contribution < -0.4 is 33.8 Å². The normalized spacial score (nSPS) is 10.7. The summed E-state index contributed by atoms with van der Waals surface area (Å²) >= 11 is 0.318. The van der Waals surface area contributed by atoms with Crippen molar-refractivity contribution >= 4 is 45.4 Å². The Balaban J connectivity index is 0.00000225. The number of rotatable bonds is 6. The minimum Gasteiger partial charge on any atom is -1.00 e. The summed E-state index contributed by atoms with van der Waals surface area (Å²) < 4.78 is 2.80. The van der Waals surface area contributed by atoms with Gasteiger partial charge < -0.3 is 24.0 Å². The Bertz CT molecular complexity index is 778. The summed E-state index contributed by atoms with van der Waals surface area (Å²) in [5, 5.41) is 0. The third-order valence-electron chi connectivity index (χ3n) is 4.60. The Morgan fingerprint density at radius 3 is 1.48 bits per heavy atom. The van der Waals surface area contributed by atoms with E-state index in [1.54, 1.807) is 0 Å². The van der Waals surface area contributed by atoms with Gasteiger partial charge >= 0.3 is 150 Å². The fourth-order valence-electron chi connectivity index (χ4n) is 3.17. The van der Waals surface area contributed by atoms with Crippen LogP contribution in [-0.4, -0.2) is 45.7 Å². The number of anilines is 2. The third-order valence-corrected chi connectivity index (χ3v) is 6.90. The number of aromatic nitrogens is 1. The van der Waals surface area contributed by atoms with Crippen LogP contribution in [0.3, 0.4) is 0 Å². The molecule has 0 saturated carbocycles. The Labute approximate surface area is 173 Å². The van der Waals surface area contributed by atoms with Crippen LogP contribution in [0.1, 0.15) is 27.7 Å². The maximum absolute atomic E-state index is 4.89. The zero-order valence-corrected chi connectivity index (χ0v) is 19.3. The average molecular weight is 514 g/mol. The minimum atomic E-state index is 0. The number of fused-ring (bicyclic) bond motifs is 2. The average Bonchev–Trinajstić information content (AvgIpc) is 2.62. The van der Waals surface area contributed by atoms with Crippen molar-refractivity contribution in [3.63, 3.8) is 0 Å². The molecule has 0 aliphatic heterocycles. The zero-order valence-electron chi connectivity index (χ0n) is 15.4. The van der Waals surface area contributed by atoms with E-state index in [1.807, 2.05) is 0 Å². The smallest absolute Gasteiger partial charge is 1.00 e. The van der Waals surface area contributed by atoms with Crippen LogP contribution in [0.4, 0.5) is 11.4 Å². The summed E-state index contributed by atoms with van der Waals surface area (Å²) in [7, 11) is 0. The molecular formula is C20H26IN3Se. The molecule has 0 bridgehead atoms. The van der Waals surface area contributed by atoms with Gasteiger partial charge in [0.05, 0.1) is 0 Å². The molecule has 0 fully saturated rings. The van der Waals surface area contributed by atoms with E-state index in [0.717, 1.165) is 37.2 Å². The monoisotopic (exact) mass is 515 g/mol. The number of hydrogen-bond donors (Lipinski definition) is 0. The molecule has 3 aromatic rings. The second-order valence-electron chi connectivity index (χ2n) is 5.86. The van der Waals surface area contributed by atoms with Crippen molar-refractivity contribution in [1.29, 1.82) is 0 Å². The van der Waals surface area contributed by atoms with Crippen molar-refractivity contribution in [1.82, 2.24) is 4.98 Å². The number of benzene rings is 2. The van der Waals surface area contributed by atoms with Crippen molar-refractivity contribution in [3.8, 4) is 0 Å². The predicted molar refractivity (Wildman–Crippen MR) is 108 cm³/mol. The zero-order chi connectivity index (χ0) is 17.1. The molecule has 0 N–H and O–H groups in total. The quantitative estimate of drug-likeness (QED) is 0.282. The first-order valence-corrected chi connectivity index (χ1v) is 10.6. The number of halogens is 1. The molecule has 0 amide bonds. The van der Waals surface area contributed by atoms with Gasteiger partial charge in [-0.2, -0.15) is 0 Å². The van der Waals surface area contributed by atoms with E-state index in [1.165, 1.54) is 19.9 Å². The van der Waals surface area contributed by atoms with E-state index in [-0.39, 0.29) is 24.0 Å². The van der Waals surface area contributed by atoms with Gasteiger partial charge in [-0.25, -0.2) is 0 Å². The molecule has 3 nitrogen and oxygen atoms in total. The van der Waals surface area contributed by atoms with Crippen molar-refractivity contribution in [2.24, 2.45) is 0 Å². The molecule has 1 heterocycles. The molecule has 0 unspecified atom stereocenters. The molecule has 134 valence electrons. The van der Waals surface area contributed by atoms with Gasteiger partial charge in [-0.1, -0.05) is 0 Å². The SMILES string of the molecule is CCN(CC)c1ccc2nc3ccc(N(CC)CC)cc3[se+]c2c1.[I-]. The molecule has 0 radical (unpaired) electrons. The molecule has 5 heteroatoms. The van der Waals surface area contributed by atoms with Crippen LogP contribution in [0, 0.1) is 0 Å². The Kier molecular flexibility index (Phi) is 7.47. The summed E-state index contributed by atoms with van der Waals surface area (Å²) in [5.41, 5.74) is 4.93. The van der Waals surface area contributed by atoms with Crippen molar-refractivity contribution in [2.75, 3.05) is 36.0 Å². The van der Waals surface area contributed by atoms with Gasteiger partial charge in [0, 0.05) is 0 Å². The van der Waals surface area contributed by atoms with Gasteiger partial charge in [0.15, 0.2) is 0 Å². The van der Waals surface area contributed by atoms with E-state index in [4.69, 9.17) is 4.98 Å². The standard InChI is InChI=1S/C20H26N3Se.HI/c1-5-22(6-2)15-9-11-17-19(13-15)24-20-14-16(23(7-3)8-4)10-12-18(20)21-17;/h9-14H,5-8H2,1-4H3;1H/q+1;/p-1. The van der Waals surface area contributed by atoms with Gasteiger partial charge in [-0.05, 0) is 0 Å². The minimum absolute atomic E-state index is 0. The molecule has 0 aliphatic carbocycles. The van der Waals surface area contributed by atoms with Crippen LogP contribution in [0.5, 0.6) is 0 Å². The van der Waals surface area contributed by atoms with Crippen molar-refractivity contribution in [2.45, 2.75) is 27.7 Å². The van der Waals surface area contributed by atoms with Crippen molar-refractivity contribution in [3.05, 3.63) is 36.4 Å². The first kappa shape index (κ1) is 20.4. The second-order valence-corrected chi connectivity index (χ2v) is 8.14. The fourth-order valence-corrected chi connectivity index (χ4v) is 5.34. The molecule has 1 aromatic heterocycles. The van der Waals surface area contributed by atoms with Crippen LogP contribution in [0.25, 0.3) is 19.6 Å². The van der Waals surface area contributed by atoms with Gasteiger partial charge in [-0.15, -0.1) is 0 Å². The summed E-state index contributed by atoms with van der Waals surface area (Å²) in [4.78, 5) is 9.69. The van der Waals surface area contributed by atoms with Gasteiger partial charge in [-0.3, -0.25) is 0 Å². The number of hydrogen-bond acceptors (Lipinski definition) is 3. The molecule has 25 heavy (non-hydrogen) atoms. The van der Waals surface area contributed by atoms with E-state index in [2.05, 4.69) is 73.9 Å². The predicted octanol–water partition coefficient (Wildman–Crippen LogP) is 1.42. The summed E-state index contributed by atoms with van der Waals surface area (Å²) in [5.74, 6) is 0. The number of nitrogens with zero attached hydrogens (tertiary/aromatic N) is 3. The van der Waals surface area contributed by atoms with Crippen LogP contribution in [-0.2, 0) is 0 Å². The van der Waals surface area contributed by atoms with Gasteiger partial charge in [0.1, 0.15) is 0 Å². The molecular weight excluding hydrogens is 488 g/mol. The topological polar surface area (TPSA) is 19.4 Å². The molecule has 0 spiro atoms. The maximum Gasteiger partial charge on any atom is -1.00 e. The largest absolute Gasteiger partial charge is 1.00 e. The van der Waals surface area contributed by atoms with E-state index >= 15 is 0 Å². The van der Waals surface area contributed by atoms with Crippen molar-refractivity contribution < 1.29 is 24.0 Å². The molecule has 3 rings (SSSR count). The maximum atomic E-state index is 4.89. The Hall–Kier alpha value is -0.911. The third kappa shape index (κ3) is 4.26. The van der Waals surface area contributed by atoms with Crippen LogP contribution in [0.2, 0.25) is 0 Å². The van der Waals surface area contributed by atoms with Gasteiger partial charge in [0.2, 0.25) is 0 Å². The summed E-state index contributed by atoms with van der Waals surface area (Å²) in [6.07, 6.45) is 0. The molecule has 2 aromatic carbocycles. The van der Waals surface area contributed by atoms with E-state index < -0.39 is 0 Å². The molecule has 0 atom stereocenters. The van der Waals surface area contributed by atoms with E-state index in [9.17, 15) is 0 Å². The Morgan fingerprint density at radius 1 is 0.720 bits per heavy atom. The first-order chi connectivity index (χ1) is 11.7. The summed E-state index contributed by atoms with van der Waals surface area (Å²) in [6.45, 7) is 13.0. The van der Waals surface area contributed by atoms with Crippen LogP contribution >= 0.6 is 0 Å². The first-order valence-electron chi connectivity index (χ1n) is 8.87. The molecule has 0 aliphatic rings. The summed E-state index contributed by atoms with van der Waals surface area (Å²) in [6, 6.07) is 13.5.